The summed E-state index contributed by atoms with van der Waals surface area (Å²) in [6.07, 6.45) is 0.226. The second kappa shape index (κ2) is 8.28. The molecule has 1 aromatic rings. The molecule has 0 spiro atoms. The van der Waals surface area contributed by atoms with Crippen LogP contribution in [-0.4, -0.2) is 12.5 Å². The zero-order valence-electron chi connectivity index (χ0n) is 10.7. The van der Waals surface area contributed by atoms with Crippen LogP contribution < -0.4 is 0 Å². The summed E-state index contributed by atoms with van der Waals surface area (Å²) >= 11 is 17.7. The van der Waals surface area contributed by atoms with E-state index in [1.54, 1.807) is 25.1 Å². The van der Waals surface area contributed by atoms with E-state index in [4.69, 9.17) is 48.4 Å². The zero-order chi connectivity index (χ0) is 15.2. The van der Waals surface area contributed by atoms with Gasteiger partial charge in [0.05, 0.1) is 18.7 Å². The van der Waals surface area contributed by atoms with Crippen molar-refractivity contribution < 1.29 is 18.1 Å². The SMILES string of the molecule is C=COP(=O)(OCC)OC(CCl)c1ccc(Cl)cc1Cl. The van der Waals surface area contributed by atoms with Crippen molar-refractivity contribution in [1.82, 2.24) is 0 Å². The molecule has 0 saturated heterocycles. The summed E-state index contributed by atoms with van der Waals surface area (Å²) in [4.78, 5) is 0. The average molecular weight is 360 g/mol. The van der Waals surface area contributed by atoms with Gasteiger partial charge in [-0.1, -0.05) is 35.8 Å². The molecule has 2 atom stereocenters. The highest BCUT2D eigenvalue weighted by Crippen LogP contribution is 2.54. The van der Waals surface area contributed by atoms with Crippen molar-refractivity contribution in [1.29, 1.82) is 0 Å². The van der Waals surface area contributed by atoms with E-state index in [0.29, 0.717) is 15.6 Å². The first kappa shape index (κ1) is 17.8. The Balaban J connectivity index is 3.00. The molecule has 1 rings (SSSR count). The number of halogens is 3. The molecule has 0 N–H and O–H groups in total. The largest absolute Gasteiger partial charge is 0.530 e. The van der Waals surface area contributed by atoms with Crippen molar-refractivity contribution in [2.24, 2.45) is 0 Å². The second-order valence-electron chi connectivity index (χ2n) is 3.55. The summed E-state index contributed by atoms with van der Waals surface area (Å²) in [6, 6.07) is 4.81. The number of alkyl halides is 1. The third-order valence-electron chi connectivity index (χ3n) is 2.20. The summed E-state index contributed by atoms with van der Waals surface area (Å²) in [6.45, 7) is 5.14. The summed E-state index contributed by atoms with van der Waals surface area (Å²) in [7, 11) is -3.78. The van der Waals surface area contributed by atoms with Gasteiger partial charge in [0.2, 0.25) is 0 Å². The van der Waals surface area contributed by atoms with E-state index < -0.39 is 13.9 Å². The van der Waals surface area contributed by atoms with Gasteiger partial charge in [0.1, 0.15) is 6.10 Å². The van der Waals surface area contributed by atoms with Crippen LogP contribution in [0, 0.1) is 0 Å². The molecule has 0 amide bonds. The van der Waals surface area contributed by atoms with Crippen molar-refractivity contribution in [3.05, 3.63) is 46.6 Å². The molecule has 20 heavy (non-hydrogen) atoms. The summed E-state index contributed by atoms with van der Waals surface area (Å²) in [5.41, 5.74) is 0.540. The van der Waals surface area contributed by atoms with E-state index in [9.17, 15) is 4.57 Å². The Bertz CT molecular complexity index is 509. The van der Waals surface area contributed by atoms with Crippen molar-refractivity contribution in [2.75, 3.05) is 12.5 Å². The van der Waals surface area contributed by atoms with Crippen LogP contribution in [-0.2, 0) is 18.1 Å². The van der Waals surface area contributed by atoms with Gasteiger partial charge in [-0.3, -0.25) is 9.05 Å². The lowest BCUT2D eigenvalue weighted by molar-refractivity contribution is 0.113. The lowest BCUT2D eigenvalue weighted by atomic mass is 10.1. The monoisotopic (exact) mass is 358 g/mol. The first-order valence-electron chi connectivity index (χ1n) is 5.69. The van der Waals surface area contributed by atoms with Gasteiger partial charge in [-0.25, -0.2) is 4.57 Å². The topological polar surface area (TPSA) is 44.8 Å². The summed E-state index contributed by atoms with van der Waals surface area (Å²) < 4.78 is 27.5. The third-order valence-corrected chi connectivity index (χ3v) is 4.53. The predicted molar refractivity (Wildman–Crippen MR) is 81.5 cm³/mol. The first-order valence-corrected chi connectivity index (χ1v) is 8.44. The molecule has 4 nitrogen and oxygen atoms in total. The smallest absolute Gasteiger partial charge is 0.413 e. The minimum Gasteiger partial charge on any atom is -0.413 e. The number of hydrogen-bond donors (Lipinski definition) is 0. The highest BCUT2D eigenvalue weighted by molar-refractivity contribution is 7.48. The maximum absolute atomic E-state index is 12.3. The molecule has 2 unspecified atom stereocenters. The molecule has 112 valence electrons. The summed E-state index contributed by atoms with van der Waals surface area (Å²) in [5, 5.41) is 0.826. The van der Waals surface area contributed by atoms with Gasteiger partial charge in [0.15, 0.2) is 0 Å². The van der Waals surface area contributed by atoms with Gasteiger partial charge in [-0.05, 0) is 19.1 Å². The fraction of sp³-hybridized carbons (Fsp3) is 0.333. The molecule has 0 heterocycles. The number of hydrogen-bond acceptors (Lipinski definition) is 4. The van der Waals surface area contributed by atoms with Gasteiger partial charge in [0.25, 0.3) is 0 Å². The highest BCUT2D eigenvalue weighted by atomic mass is 35.5. The van der Waals surface area contributed by atoms with Gasteiger partial charge >= 0.3 is 7.82 Å². The Hall–Kier alpha value is -0.220. The van der Waals surface area contributed by atoms with Crippen LogP contribution in [0.2, 0.25) is 10.0 Å². The van der Waals surface area contributed by atoms with Gasteiger partial charge < -0.3 is 4.52 Å². The van der Waals surface area contributed by atoms with Crippen LogP contribution in [0.4, 0.5) is 0 Å². The minimum atomic E-state index is -3.78. The quantitative estimate of drug-likeness (QED) is 0.344. The number of rotatable bonds is 8. The van der Waals surface area contributed by atoms with Crippen LogP contribution in [0.25, 0.3) is 0 Å². The highest BCUT2D eigenvalue weighted by Gasteiger charge is 2.32. The second-order valence-corrected chi connectivity index (χ2v) is 6.28. The number of phosphoric acid groups is 1. The third kappa shape index (κ3) is 4.96. The normalized spacial score (nSPS) is 15.4. The van der Waals surface area contributed by atoms with Crippen LogP contribution in [0.5, 0.6) is 0 Å². The Morgan fingerprint density at radius 1 is 1.45 bits per heavy atom. The molecule has 0 aliphatic carbocycles. The van der Waals surface area contributed by atoms with E-state index >= 15 is 0 Å². The van der Waals surface area contributed by atoms with E-state index in [1.165, 1.54) is 0 Å². The Kier molecular flexibility index (Phi) is 7.38. The molecule has 0 bridgehead atoms. The Labute approximate surface area is 133 Å². The maximum Gasteiger partial charge on any atom is 0.530 e. The van der Waals surface area contributed by atoms with Gasteiger partial charge in [-0.15, -0.1) is 11.6 Å². The average Bonchev–Trinajstić information content (AvgIpc) is 2.37. The van der Waals surface area contributed by atoms with E-state index in [-0.39, 0.29) is 12.5 Å². The van der Waals surface area contributed by atoms with Crippen LogP contribution in [0.3, 0.4) is 0 Å². The minimum absolute atomic E-state index is 0.0128. The molecular weight excluding hydrogens is 345 g/mol. The fourth-order valence-electron chi connectivity index (χ4n) is 1.42. The standard InChI is InChI=1S/C12H14Cl3O4P/c1-3-17-20(16,18-4-2)19-12(8-13)10-6-5-9(14)7-11(10)15/h3,5-7,12H,1,4,8H2,2H3. The van der Waals surface area contributed by atoms with Crippen LogP contribution in [0.1, 0.15) is 18.6 Å². The number of benzene rings is 1. The zero-order valence-corrected chi connectivity index (χ0v) is 13.9. The van der Waals surface area contributed by atoms with Crippen molar-refractivity contribution in [2.45, 2.75) is 13.0 Å². The van der Waals surface area contributed by atoms with E-state index in [2.05, 4.69) is 6.58 Å². The van der Waals surface area contributed by atoms with Gasteiger partial charge in [0, 0.05) is 15.6 Å². The molecule has 0 aliphatic heterocycles. The molecular formula is C12H14Cl3O4P. The van der Waals surface area contributed by atoms with Crippen molar-refractivity contribution >= 4 is 42.6 Å². The fourth-order valence-corrected chi connectivity index (χ4v) is 3.44. The Morgan fingerprint density at radius 2 is 2.15 bits per heavy atom. The van der Waals surface area contributed by atoms with E-state index in [1.807, 2.05) is 0 Å². The lowest BCUT2D eigenvalue weighted by Gasteiger charge is -2.22. The molecule has 8 heteroatoms. The van der Waals surface area contributed by atoms with Crippen molar-refractivity contribution in [3.63, 3.8) is 0 Å². The van der Waals surface area contributed by atoms with Crippen LogP contribution in [0.15, 0.2) is 31.0 Å². The molecule has 1 aromatic carbocycles. The predicted octanol–water partition coefficient (Wildman–Crippen LogP) is 5.59. The lowest BCUT2D eigenvalue weighted by Crippen LogP contribution is -2.08. The molecule has 0 aromatic heterocycles. The van der Waals surface area contributed by atoms with Crippen LogP contribution >= 0.6 is 42.6 Å². The molecule has 0 radical (unpaired) electrons. The maximum atomic E-state index is 12.3. The first-order chi connectivity index (χ1) is 9.45. The van der Waals surface area contributed by atoms with E-state index in [0.717, 1.165) is 6.26 Å². The van der Waals surface area contributed by atoms with Gasteiger partial charge in [-0.2, -0.15) is 0 Å². The summed E-state index contributed by atoms with van der Waals surface area (Å²) in [5.74, 6) is 0.0128. The number of phosphoric ester groups is 1. The molecule has 0 saturated carbocycles. The molecule has 0 aliphatic rings. The Morgan fingerprint density at radius 3 is 2.65 bits per heavy atom. The van der Waals surface area contributed by atoms with Crippen molar-refractivity contribution in [3.8, 4) is 0 Å². The molecule has 0 fully saturated rings.